The second-order valence-corrected chi connectivity index (χ2v) is 6.84. The van der Waals surface area contributed by atoms with Crippen LogP contribution >= 0.6 is 23.2 Å². The van der Waals surface area contributed by atoms with Crippen molar-refractivity contribution < 1.29 is 4.39 Å². The number of anilines is 3. The van der Waals surface area contributed by atoms with Crippen LogP contribution in [0.2, 0.25) is 10.0 Å². The van der Waals surface area contributed by atoms with E-state index in [1.807, 2.05) is 4.90 Å². The zero-order valence-corrected chi connectivity index (χ0v) is 15.6. The van der Waals surface area contributed by atoms with E-state index in [4.69, 9.17) is 23.2 Å². The van der Waals surface area contributed by atoms with Crippen LogP contribution < -0.4 is 15.4 Å². The van der Waals surface area contributed by atoms with E-state index in [0.29, 0.717) is 30.4 Å². The fourth-order valence-electron chi connectivity index (χ4n) is 2.93. The first-order chi connectivity index (χ1) is 12.9. The molecule has 0 radical (unpaired) electrons. The smallest absolute Gasteiger partial charge is 0.285 e. The van der Waals surface area contributed by atoms with Gasteiger partial charge in [-0.25, -0.2) is 19.5 Å². The van der Waals surface area contributed by atoms with Crippen LogP contribution in [0.3, 0.4) is 0 Å². The zero-order valence-electron chi connectivity index (χ0n) is 14.1. The number of fused-ring (bicyclic) bond motifs is 1. The summed E-state index contributed by atoms with van der Waals surface area (Å²) in [6, 6.07) is 4.14. The summed E-state index contributed by atoms with van der Waals surface area (Å²) in [5, 5.41) is 6.45. The predicted molar refractivity (Wildman–Crippen MR) is 101 cm³/mol. The number of halogens is 3. The van der Waals surface area contributed by atoms with Gasteiger partial charge in [0.1, 0.15) is 10.8 Å². The van der Waals surface area contributed by atoms with Gasteiger partial charge in [-0.3, -0.25) is 4.79 Å². The second-order valence-electron chi connectivity index (χ2n) is 6.05. The maximum absolute atomic E-state index is 13.3. The highest BCUT2D eigenvalue weighted by molar-refractivity contribution is 6.33. The summed E-state index contributed by atoms with van der Waals surface area (Å²) in [6.07, 6.45) is 3.23. The minimum atomic E-state index is -0.442. The number of nitrogens with one attached hydrogen (secondary N) is 1. The molecule has 3 heterocycles. The summed E-state index contributed by atoms with van der Waals surface area (Å²) in [6.45, 7) is 0.974. The molecule has 138 valence electrons. The Morgan fingerprint density at radius 2 is 2.07 bits per heavy atom. The van der Waals surface area contributed by atoms with E-state index in [1.54, 1.807) is 24.2 Å². The third kappa shape index (κ3) is 3.22. The van der Waals surface area contributed by atoms with E-state index >= 15 is 0 Å². The molecule has 1 aliphatic rings. The molecule has 0 spiro atoms. The van der Waals surface area contributed by atoms with Gasteiger partial charge in [-0.2, -0.15) is 5.10 Å². The first-order valence-corrected chi connectivity index (χ1v) is 8.71. The average molecular weight is 407 g/mol. The van der Waals surface area contributed by atoms with Crippen LogP contribution in [0.5, 0.6) is 0 Å². The monoisotopic (exact) mass is 406 g/mol. The molecule has 1 aromatic carbocycles. The molecule has 1 N–H and O–H groups in total. The quantitative estimate of drug-likeness (QED) is 0.718. The van der Waals surface area contributed by atoms with Gasteiger partial charge in [0.15, 0.2) is 0 Å². The van der Waals surface area contributed by atoms with E-state index in [1.165, 1.54) is 18.3 Å². The molecule has 2 aromatic heterocycles. The number of aromatic amines is 1. The number of hydrogen-bond donors (Lipinski definition) is 1. The maximum Gasteiger partial charge on any atom is 0.285 e. The van der Waals surface area contributed by atoms with Gasteiger partial charge in [0.05, 0.1) is 34.8 Å². The zero-order chi connectivity index (χ0) is 19.1. The van der Waals surface area contributed by atoms with Crippen LogP contribution in [0.1, 0.15) is 11.3 Å². The van der Waals surface area contributed by atoms with E-state index in [-0.39, 0.29) is 10.0 Å². The molecular weight excluding hydrogens is 394 g/mol. The molecular formula is C17H13Cl2FN6O. The van der Waals surface area contributed by atoms with Crippen LogP contribution in [0, 0.1) is 5.82 Å². The van der Waals surface area contributed by atoms with Crippen molar-refractivity contribution in [3.8, 4) is 0 Å². The van der Waals surface area contributed by atoms with Crippen molar-refractivity contribution in [2.24, 2.45) is 0 Å². The van der Waals surface area contributed by atoms with Gasteiger partial charge in [-0.1, -0.05) is 23.2 Å². The van der Waals surface area contributed by atoms with Gasteiger partial charge in [0.2, 0.25) is 5.95 Å². The molecule has 0 amide bonds. The minimum Gasteiger partial charge on any atom is -0.358 e. The molecule has 3 aromatic rings. The molecule has 0 fully saturated rings. The van der Waals surface area contributed by atoms with Crippen LogP contribution in [-0.4, -0.2) is 27.2 Å². The summed E-state index contributed by atoms with van der Waals surface area (Å²) in [7, 11) is 1.76. The van der Waals surface area contributed by atoms with Crippen LogP contribution in [-0.2, 0) is 13.1 Å². The maximum atomic E-state index is 13.3. The Morgan fingerprint density at radius 3 is 2.85 bits per heavy atom. The van der Waals surface area contributed by atoms with Gasteiger partial charge in [0, 0.05) is 25.4 Å². The molecule has 0 saturated carbocycles. The predicted octanol–water partition coefficient (Wildman–Crippen LogP) is 3.29. The van der Waals surface area contributed by atoms with Crippen molar-refractivity contribution in [3.63, 3.8) is 0 Å². The molecule has 10 heteroatoms. The van der Waals surface area contributed by atoms with Crippen molar-refractivity contribution in [1.82, 2.24) is 20.2 Å². The van der Waals surface area contributed by atoms with Gasteiger partial charge in [-0.05, 0) is 18.2 Å². The number of aromatic nitrogens is 4. The standard InChI is InChI=1S/C17H13Cl2FN6O/c1-25(13-3-2-10(20)4-11(13)18)17-21-5-9-7-26(8-12(9)23-17)14-6-22-24-16(27)15(14)19/h2-6H,7-8H2,1H3,(H,24,27). The van der Waals surface area contributed by atoms with Gasteiger partial charge < -0.3 is 9.80 Å². The highest BCUT2D eigenvalue weighted by atomic mass is 35.5. The van der Waals surface area contributed by atoms with Gasteiger partial charge >= 0.3 is 0 Å². The van der Waals surface area contributed by atoms with Crippen LogP contribution in [0.25, 0.3) is 0 Å². The summed E-state index contributed by atoms with van der Waals surface area (Å²) < 4.78 is 13.3. The van der Waals surface area contributed by atoms with Crippen molar-refractivity contribution in [2.75, 3.05) is 16.8 Å². The van der Waals surface area contributed by atoms with Gasteiger partial charge in [0.25, 0.3) is 5.56 Å². The Balaban J connectivity index is 1.63. The first-order valence-electron chi connectivity index (χ1n) is 7.95. The molecule has 1 aliphatic heterocycles. The molecule has 0 bridgehead atoms. The molecule has 4 rings (SSSR count). The molecule has 27 heavy (non-hydrogen) atoms. The lowest BCUT2D eigenvalue weighted by Gasteiger charge is -2.19. The molecule has 0 unspecified atom stereocenters. The Hall–Kier alpha value is -2.71. The average Bonchev–Trinajstić information content (AvgIpc) is 3.06. The number of benzene rings is 1. The Labute approximate surface area is 163 Å². The van der Waals surface area contributed by atoms with Crippen molar-refractivity contribution in [3.05, 3.63) is 68.1 Å². The first kappa shape index (κ1) is 17.7. The molecule has 7 nitrogen and oxygen atoms in total. The van der Waals surface area contributed by atoms with Gasteiger partial charge in [-0.15, -0.1) is 0 Å². The highest BCUT2D eigenvalue weighted by Crippen LogP contribution is 2.33. The third-order valence-electron chi connectivity index (χ3n) is 4.33. The van der Waals surface area contributed by atoms with Crippen LogP contribution in [0.15, 0.2) is 35.4 Å². The minimum absolute atomic E-state index is 0.0844. The normalized spacial score (nSPS) is 13.0. The van der Waals surface area contributed by atoms with Crippen molar-refractivity contribution in [1.29, 1.82) is 0 Å². The number of rotatable bonds is 3. The molecule has 0 saturated heterocycles. The summed E-state index contributed by atoms with van der Waals surface area (Å²) in [5.41, 5.74) is 2.42. The van der Waals surface area contributed by atoms with Crippen LogP contribution in [0.4, 0.5) is 21.7 Å². The second kappa shape index (κ2) is 6.79. The third-order valence-corrected chi connectivity index (χ3v) is 5.00. The number of nitrogens with zero attached hydrogens (tertiary/aromatic N) is 5. The highest BCUT2D eigenvalue weighted by Gasteiger charge is 2.25. The Bertz CT molecular complexity index is 1090. The topological polar surface area (TPSA) is 78.0 Å². The Kier molecular flexibility index (Phi) is 4.45. The van der Waals surface area contributed by atoms with E-state index in [0.717, 1.165) is 11.3 Å². The van der Waals surface area contributed by atoms with E-state index in [2.05, 4.69) is 20.2 Å². The molecule has 0 aliphatic carbocycles. The van der Waals surface area contributed by atoms with Crippen molar-refractivity contribution >= 4 is 40.5 Å². The lowest BCUT2D eigenvalue weighted by molar-refractivity contribution is 0.628. The lowest BCUT2D eigenvalue weighted by atomic mass is 10.2. The van der Waals surface area contributed by atoms with E-state index in [9.17, 15) is 9.18 Å². The number of H-pyrrole nitrogens is 1. The van der Waals surface area contributed by atoms with Crippen molar-refractivity contribution in [2.45, 2.75) is 13.1 Å². The number of hydrogen-bond acceptors (Lipinski definition) is 6. The summed E-state index contributed by atoms with van der Waals surface area (Å²) in [5.74, 6) is 0.0187. The Morgan fingerprint density at radius 1 is 1.26 bits per heavy atom. The largest absolute Gasteiger partial charge is 0.358 e. The summed E-state index contributed by atoms with van der Waals surface area (Å²) >= 11 is 12.2. The molecule has 0 atom stereocenters. The fraction of sp³-hybridized carbons (Fsp3) is 0.176. The summed E-state index contributed by atoms with van der Waals surface area (Å²) in [4.78, 5) is 24.2. The fourth-order valence-corrected chi connectivity index (χ4v) is 3.43. The lowest BCUT2D eigenvalue weighted by Crippen LogP contribution is -2.20. The SMILES string of the molecule is CN(c1ncc2c(n1)CN(c1cn[nH]c(=O)c1Cl)C2)c1ccc(F)cc1Cl. The van der Waals surface area contributed by atoms with E-state index < -0.39 is 11.4 Å².